The maximum absolute atomic E-state index is 12.9. The lowest BCUT2D eigenvalue weighted by Crippen LogP contribution is -2.41. The number of likely N-dealkylation sites (tertiary alicyclic amines) is 1. The molecule has 1 aromatic carbocycles. The number of nitrogens with zero attached hydrogens (tertiary/aromatic N) is 4. The van der Waals surface area contributed by atoms with Gasteiger partial charge in [0.25, 0.3) is 0 Å². The van der Waals surface area contributed by atoms with Crippen LogP contribution in [0.15, 0.2) is 29.1 Å². The van der Waals surface area contributed by atoms with Crippen molar-refractivity contribution in [3.63, 3.8) is 0 Å². The zero-order valence-corrected chi connectivity index (χ0v) is 15.0. The van der Waals surface area contributed by atoms with Crippen LogP contribution in [0.5, 0.6) is 0 Å². The molecule has 0 spiro atoms. The third-order valence-corrected chi connectivity index (χ3v) is 5.37. The molecule has 8 heteroatoms. The van der Waals surface area contributed by atoms with E-state index >= 15 is 0 Å². The molecular weight excluding hydrogens is 348 g/mol. The topological polar surface area (TPSA) is 97.4 Å². The molecule has 8 nitrogen and oxygen atoms in total. The average molecular weight is 370 g/mol. The van der Waals surface area contributed by atoms with Crippen LogP contribution in [-0.4, -0.2) is 49.3 Å². The fraction of sp³-hybridized carbons (Fsp3) is 0.474. The zero-order valence-electron chi connectivity index (χ0n) is 15.0. The van der Waals surface area contributed by atoms with Crippen molar-refractivity contribution in [3.8, 4) is 0 Å². The number of fused-ring (bicyclic) bond motifs is 1. The molecule has 1 aromatic heterocycles. The molecule has 2 aliphatic heterocycles. The van der Waals surface area contributed by atoms with Gasteiger partial charge < -0.3 is 10.0 Å². The Hall–Kier alpha value is -2.90. The molecule has 1 atom stereocenters. The van der Waals surface area contributed by atoms with Gasteiger partial charge in [0, 0.05) is 19.5 Å². The maximum atomic E-state index is 12.9. The Bertz CT molecular complexity index is 922. The van der Waals surface area contributed by atoms with Gasteiger partial charge in [0.15, 0.2) is 0 Å². The van der Waals surface area contributed by atoms with Crippen molar-refractivity contribution in [2.45, 2.75) is 44.7 Å². The number of carbonyl (C=O) groups is 2. The van der Waals surface area contributed by atoms with E-state index in [0.29, 0.717) is 18.7 Å². The molecule has 2 aliphatic rings. The van der Waals surface area contributed by atoms with Gasteiger partial charge in [-0.15, -0.1) is 0 Å². The number of aromatic carboxylic acids is 1. The van der Waals surface area contributed by atoms with E-state index in [0.717, 1.165) is 37.9 Å². The number of aryl methyl sites for hydroxylation is 1. The number of carboxylic acids is 1. The molecule has 142 valence electrons. The predicted molar refractivity (Wildman–Crippen MR) is 96.8 cm³/mol. The van der Waals surface area contributed by atoms with Crippen LogP contribution in [0.3, 0.4) is 0 Å². The van der Waals surface area contributed by atoms with Crippen molar-refractivity contribution in [2.24, 2.45) is 0 Å². The second kappa shape index (κ2) is 7.02. The standard InChI is InChI=1S/C19H22N4O4/c24-17(21-10-1-2-11-21)15-4-3-5-16-20-22(19(27)23(15)16)12-13-6-8-14(9-7-13)18(25)26/h6-9,15H,1-5,10-12H2,(H,25,26)/t15-/m1/s1. The minimum atomic E-state index is -0.987. The van der Waals surface area contributed by atoms with Crippen molar-refractivity contribution >= 4 is 11.9 Å². The van der Waals surface area contributed by atoms with Crippen molar-refractivity contribution in [2.75, 3.05) is 13.1 Å². The molecular formula is C19H22N4O4. The number of aromatic nitrogens is 3. The lowest BCUT2D eigenvalue weighted by molar-refractivity contribution is -0.134. The Morgan fingerprint density at radius 2 is 1.81 bits per heavy atom. The SMILES string of the molecule is O=C(O)c1ccc(Cn2nc3n(c2=O)[C@@H](C(=O)N2CCCC2)CCC3)cc1. The molecule has 4 rings (SSSR count). The molecule has 1 fully saturated rings. The quantitative estimate of drug-likeness (QED) is 0.875. The van der Waals surface area contributed by atoms with Crippen LogP contribution in [0.4, 0.5) is 0 Å². The summed E-state index contributed by atoms with van der Waals surface area (Å²) in [7, 11) is 0. The summed E-state index contributed by atoms with van der Waals surface area (Å²) in [6.07, 6.45) is 4.23. The molecule has 1 amide bonds. The van der Waals surface area contributed by atoms with E-state index in [9.17, 15) is 14.4 Å². The summed E-state index contributed by atoms with van der Waals surface area (Å²) in [5.74, 6) is -0.300. The van der Waals surface area contributed by atoms with Gasteiger partial charge in [-0.1, -0.05) is 12.1 Å². The van der Waals surface area contributed by atoms with Gasteiger partial charge in [-0.05, 0) is 43.4 Å². The summed E-state index contributed by atoms with van der Waals surface area (Å²) in [6, 6.07) is 5.93. The van der Waals surface area contributed by atoms with Gasteiger partial charge in [-0.3, -0.25) is 9.36 Å². The van der Waals surface area contributed by atoms with E-state index in [-0.39, 0.29) is 23.7 Å². The summed E-state index contributed by atoms with van der Waals surface area (Å²) in [5, 5.41) is 13.4. The van der Waals surface area contributed by atoms with Crippen LogP contribution >= 0.6 is 0 Å². The van der Waals surface area contributed by atoms with Crippen LogP contribution in [0, 0.1) is 0 Å². The Morgan fingerprint density at radius 3 is 2.48 bits per heavy atom. The summed E-state index contributed by atoms with van der Waals surface area (Å²) in [6.45, 7) is 1.79. The smallest absolute Gasteiger partial charge is 0.346 e. The average Bonchev–Trinajstić information content (AvgIpc) is 3.31. The maximum Gasteiger partial charge on any atom is 0.346 e. The monoisotopic (exact) mass is 370 g/mol. The first-order valence-electron chi connectivity index (χ1n) is 9.34. The third kappa shape index (κ3) is 3.27. The highest BCUT2D eigenvalue weighted by atomic mass is 16.4. The van der Waals surface area contributed by atoms with Crippen molar-refractivity contribution in [3.05, 3.63) is 51.7 Å². The molecule has 0 radical (unpaired) electrons. The van der Waals surface area contributed by atoms with E-state index in [1.54, 1.807) is 16.7 Å². The third-order valence-electron chi connectivity index (χ3n) is 5.37. The molecule has 0 unspecified atom stereocenters. The van der Waals surface area contributed by atoms with Gasteiger partial charge in [0.1, 0.15) is 11.9 Å². The molecule has 0 aliphatic carbocycles. The van der Waals surface area contributed by atoms with E-state index in [1.807, 2.05) is 4.90 Å². The molecule has 27 heavy (non-hydrogen) atoms. The van der Waals surface area contributed by atoms with Crippen LogP contribution in [0.25, 0.3) is 0 Å². The molecule has 1 N–H and O–H groups in total. The molecule has 1 saturated heterocycles. The number of hydrogen-bond acceptors (Lipinski definition) is 4. The number of amides is 1. The summed E-state index contributed by atoms with van der Waals surface area (Å²) < 4.78 is 2.94. The highest BCUT2D eigenvalue weighted by molar-refractivity contribution is 5.87. The van der Waals surface area contributed by atoms with Gasteiger partial charge >= 0.3 is 11.7 Å². The van der Waals surface area contributed by atoms with Crippen LogP contribution in [0.2, 0.25) is 0 Å². The highest BCUT2D eigenvalue weighted by Crippen LogP contribution is 2.25. The van der Waals surface area contributed by atoms with Crippen LogP contribution < -0.4 is 5.69 Å². The van der Waals surface area contributed by atoms with Crippen molar-refractivity contribution < 1.29 is 14.7 Å². The van der Waals surface area contributed by atoms with Crippen molar-refractivity contribution in [1.82, 2.24) is 19.2 Å². The minimum Gasteiger partial charge on any atom is -0.478 e. The second-order valence-corrected chi connectivity index (χ2v) is 7.17. The number of carboxylic acid groups (broad SMARTS) is 1. The van der Waals surface area contributed by atoms with Crippen molar-refractivity contribution in [1.29, 1.82) is 0 Å². The molecule has 0 bridgehead atoms. The lowest BCUT2D eigenvalue weighted by Gasteiger charge is -2.27. The Morgan fingerprint density at radius 1 is 1.11 bits per heavy atom. The fourth-order valence-electron chi connectivity index (χ4n) is 3.94. The Labute approximate surface area is 156 Å². The first-order chi connectivity index (χ1) is 13.0. The van der Waals surface area contributed by atoms with Gasteiger partial charge in [-0.25, -0.2) is 14.3 Å². The molecule has 2 aromatic rings. The lowest BCUT2D eigenvalue weighted by atomic mass is 10.0. The van der Waals surface area contributed by atoms with E-state index in [2.05, 4.69) is 5.10 Å². The van der Waals surface area contributed by atoms with Gasteiger partial charge in [0.05, 0.1) is 12.1 Å². The zero-order chi connectivity index (χ0) is 19.0. The second-order valence-electron chi connectivity index (χ2n) is 7.17. The highest BCUT2D eigenvalue weighted by Gasteiger charge is 2.34. The predicted octanol–water partition coefficient (Wildman–Crippen LogP) is 1.29. The molecule has 0 saturated carbocycles. The number of rotatable bonds is 4. The summed E-state index contributed by atoms with van der Waals surface area (Å²) in [5.41, 5.74) is 0.719. The first-order valence-corrected chi connectivity index (χ1v) is 9.34. The summed E-state index contributed by atoms with van der Waals surface area (Å²) in [4.78, 5) is 38.6. The first kappa shape index (κ1) is 17.5. The van der Waals surface area contributed by atoms with E-state index < -0.39 is 12.0 Å². The molecule has 3 heterocycles. The van der Waals surface area contributed by atoms with E-state index in [4.69, 9.17) is 5.11 Å². The summed E-state index contributed by atoms with van der Waals surface area (Å²) >= 11 is 0. The van der Waals surface area contributed by atoms with Crippen LogP contribution in [0.1, 0.15) is 53.5 Å². The van der Waals surface area contributed by atoms with E-state index in [1.165, 1.54) is 16.8 Å². The van der Waals surface area contributed by atoms with Gasteiger partial charge in [0.2, 0.25) is 5.91 Å². The van der Waals surface area contributed by atoms with Gasteiger partial charge in [-0.2, -0.15) is 5.10 Å². The number of carbonyl (C=O) groups excluding carboxylic acids is 1. The Balaban J connectivity index is 1.60. The number of hydrogen-bond donors (Lipinski definition) is 1. The Kier molecular flexibility index (Phi) is 4.55. The van der Waals surface area contributed by atoms with Crippen LogP contribution in [-0.2, 0) is 17.8 Å². The largest absolute Gasteiger partial charge is 0.478 e. The fourth-order valence-corrected chi connectivity index (χ4v) is 3.94. The number of benzene rings is 1. The normalized spacial score (nSPS) is 19.1. The minimum absolute atomic E-state index is 0.0286.